The Morgan fingerprint density at radius 1 is 1.29 bits per heavy atom. The lowest BCUT2D eigenvalue weighted by molar-refractivity contribution is 0.370. The number of halogens is 1. The van der Waals surface area contributed by atoms with Crippen molar-refractivity contribution in [2.75, 3.05) is 11.9 Å². The lowest BCUT2D eigenvalue weighted by Gasteiger charge is -2.03. The number of hydrogen-bond acceptors (Lipinski definition) is 1. The Hall–Kier alpha value is -0.940. The van der Waals surface area contributed by atoms with E-state index in [1.807, 2.05) is 12.1 Å². The van der Waals surface area contributed by atoms with Crippen molar-refractivity contribution >= 4 is 15.9 Å². The van der Waals surface area contributed by atoms with Crippen LogP contribution in [-0.2, 0) is 6.42 Å². The Balaban J connectivity index is 2.47. The second-order valence-electron chi connectivity index (χ2n) is 2.93. The molecule has 1 aromatic carbocycles. The fraction of sp³-hybridized carbons (Fsp3) is 0.333. The lowest BCUT2D eigenvalue weighted by atomic mass is 10.1. The van der Waals surface area contributed by atoms with Crippen LogP contribution in [-0.4, -0.2) is 11.9 Å². The predicted molar refractivity (Wildman–Crippen MR) is 62.9 cm³/mol. The summed E-state index contributed by atoms with van der Waals surface area (Å²) in [6, 6.07) is 8.07. The average Bonchev–Trinajstić information content (AvgIpc) is 2.25. The van der Waals surface area contributed by atoms with Crippen molar-refractivity contribution in [2.45, 2.75) is 12.8 Å². The highest BCUT2D eigenvalue weighted by Crippen LogP contribution is 2.13. The van der Waals surface area contributed by atoms with Gasteiger partial charge in [-0.05, 0) is 30.5 Å². The highest BCUT2D eigenvalue weighted by Gasteiger charge is 1.94. The molecule has 1 rings (SSSR count). The van der Waals surface area contributed by atoms with Gasteiger partial charge >= 0.3 is 0 Å². The molecule has 1 aromatic rings. The molecule has 0 aromatic heterocycles. The molecular formula is C12H13BrO. The molecule has 0 N–H and O–H groups in total. The van der Waals surface area contributed by atoms with Gasteiger partial charge in [-0.15, -0.1) is 6.42 Å². The van der Waals surface area contributed by atoms with Crippen LogP contribution in [0.25, 0.3) is 0 Å². The molecule has 0 fully saturated rings. The number of rotatable bonds is 5. The summed E-state index contributed by atoms with van der Waals surface area (Å²) in [5.74, 6) is 3.28. The topological polar surface area (TPSA) is 9.23 Å². The maximum Gasteiger partial charge on any atom is 0.148 e. The van der Waals surface area contributed by atoms with Crippen LogP contribution in [0, 0.1) is 12.3 Å². The van der Waals surface area contributed by atoms with Crippen LogP contribution < -0.4 is 4.74 Å². The molecule has 14 heavy (non-hydrogen) atoms. The second-order valence-corrected chi connectivity index (χ2v) is 3.72. The third kappa shape index (κ3) is 3.85. The molecule has 0 radical (unpaired) electrons. The van der Waals surface area contributed by atoms with Gasteiger partial charge in [-0.1, -0.05) is 34.0 Å². The monoisotopic (exact) mass is 252 g/mol. The normalized spacial score (nSPS) is 9.43. The molecule has 2 heteroatoms. The zero-order valence-corrected chi connectivity index (χ0v) is 9.59. The first-order valence-electron chi connectivity index (χ1n) is 4.58. The number of benzene rings is 1. The summed E-state index contributed by atoms with van der Waals surface area (Å²) in [7, 11) is 0. The molecule has 0 heterocycles. The Bertz CT molecular complexity index is 297. The maximum absolute atomic E-state index is 5.27. The van der Waals surface area contributed by atoms with Gasteiger partial charge in [-0.25, -0.2) is 0 Å². The lowest BCUT2D eigenvalue weighted by Crippen LogP contribution is -1.93. The van der Waals surface area contributed by atoms with Crippen LogP contribution >= 0.6 is 15.9 Å². The molecule has 0 amide bonds. The van der Waals surface area contributed by atoms with Crippen LogP contribution in [0.2, 0.25) is 0 Å². The summed E-state index contributed by atoms with van der Waals surface area (Å²) in [4.78, 5) is 0. The highest BCUT2D eigenvalue weighted by molar-refractivity contribution is 9.09. The summed E-state index contributed by atoms with van der Waals surface area (Å²) in [6.45, 7) is 0.334. The van der Waals surface area contributed by atoms with Gasteiger partial charge in [0.05, 0.1) is 0 Å². The van der Waals surface area contributed by atoms with E-state index >= 15 is 0 Å². The first-order valence-corrected chi connectivity index (χ1v) is 5.70. The van der Waals surface area contributed by atoms with Crippen LogP contribution in [0.1, 0.15) is 12.0 Å². The predicted octanol–water partition coefficient (Wildman–Crippen LogP) is 3.03. The van der Waals surface area contributed by atoms with Gasteiger partial charge in [0.15, 0.2) is 0 Å². The van der Waals surface area contributed by atoms with Crippen molar-refractivity contribution in [2.24, 2.45) is 0 Å². The van der Waals surface area contributed by atoms with E-state index in [-0.39, 0.29) is 0 Å². The van der Waals surface area contributed by atoms with Crippen molar-refractivity contribution in [3.8, 4) is 18.1 Å². The van der Waals surface area contributed by atoms with Gasteiger partial charge in [0.1, 0.15) is 12.4 Å². The summed E-state index contributed by atoms with van der Waals surface area (Å²) < 4.78 is 5.27. The van der Waals surface area contributed by atoms with Crippen molar-refractivity contribution in [3.63, 3.8) is 0 Å². The molecule has 0 bridgehead atoms. The minimum absolute atomic E-state index is 0.334. The van der Waals surface area contributed by atoms with Crippen molar-refractivity contribution in [3.05, 3.63) is 29.8 Å². The van der Waals surface area contributed by atoms with E-state index in [1.54, 1.807) is 0 Å². The van der Waals surface area contributed by atoms with Crippen LogP contribution in [0.5, 0.6) is 5.75 Å². The number of terminal acetylenes is 1. The molecule has 1 nitrogen and oxygen atoms in total. The van der Waals surface area contributed by atoms with Crippen LogP contribution in [0.15, 0.2) is 24.3 Å². The summed E-state index contributed by atoms with van der Waals surface area (Å²) >= 11 is 3.41. The molecule has 0 aliphatic rings. The van der Waals surface area contributed by atoms with E-state index in [0.29, 0.717) is 6.61 Å². The Morgan fingerprint density at radius 3 is 2.57 bits per heavy atom. The average molecular weight is 253 g/mol. The van der Waals surface area contributed by atoms with Gasteiger partial charge in [0, 0.05) is 5.33 Å². The van der Waals surface area contributed by atoms with E-state index in [1.165, 1.54) is 5.56 Å². The quantitative estimate of drug-likeness (QED) is 0.579. The molecule has 0 unspecified atom stereocenters. The van der Waals surface area contributed by atoms with Gasteiger partial charge < -0.3 is 4.74 Å². The van der Waals surface area contributed by atoms with Crippen molar-refractivity contribution < 1.29 is 4.74 Å². The Morgan fingerprint density at radius 2 is 2.00 bits per heavy atom. The minimum Gasteiger partial charge on any atom is -0.481 e. The smallest absolute Gasteiger partial charge is 0.148 e. The summed E-state index contributed by atoms with van der Waals surface area (Å²) in [6.07, 6.45) is 7.35. The molecule has 0 spiro atoms. The third-order valence-corrected chi connectivity index (χ3v) is 2.41. The van der Waals surface area contributed by atoms with Crippen molar-refractivity contribution in [1.82, 2.24) is 0 Å². The zero-order valence-electron chi connectivity index (χ0n) is 8.00. The second kappa shape index (κ2) is 6.50. The van der Waals surface area contributed by atoms with Crippen LogP contribution in [0.4, 0.5) is 0 Å². The number of ether oxygens (including phenoxy) is 1. The first kappa shape index (κ1) is 11.1. The standard InChI is InChI=1S/C12H13BrO/c1-2-10-14-12-7-5-11(6-8-12)4-3-9-13/h1,5-8H,3-4,9-10H2. The van der Waals surface area contributed by atoms with Crippen LogP contribution in [0.3, 0.4) is 0 Å². The third-order valence-electron chi connectivity index (χ3n) is 1.84. The van der Waals surface area contributed by atoms with E-state index in [4.69, 9.17) is 11.2 Å². The Labute approximate surface area is 93.6 Å². The largest absolute Gasteiger partial charge is 0.481 e. The van der Waals surface area contributed by atoms with Gasteiger partial charge in [-0.2, -0.15) is 0 Å². The zero-order chi connectivity index (χ0) is 10.2. The highest BCUT2D eigenvalue weighted by atomic mass is 79.9. The Kier molecular flexibility index (Phi) is 5.17. The first-order chi connectivity index (χ1) is 6.86. The molecule has 0 aliphatic heterocycles. The van der Waals surface area contributed by atoms with Crippen molar-refractivity contribution in [1.29, 1.82) is 0 Å². The number of hydrogen-bond donors (Lipinski definition) is 0. The number of alkyl halides is 1. The summed E-state index contributed by atoms with van der Waals surface area (Å²) in [5, 5.41) is 1.04. The fourth-order valence-corrected chi connectivity index (χ4v) is 1.43. The molecule has 0 saturated heterocycles. The molecule has 0 aliphatic carbocycles. The van der Waals surface area contributed by atoms with Gasteiger partial charge in [0.2, 0.25) is 0 Å². The SMILES string of the molecule is C#CCOc1ccc(CCCBr)cc1. The molecular weight excluding hydrogens is 240 g/mol. The maximum atomic E-state index is 5.27. The molecule has 0 saturated carbocycles. The van der Waals surface area contributed by atoms with E-state index in [0.717, 1.165) is 23.9 Å². The summed E-state index contributed by atoms with van der Waals surface area (Å²) in [5.41, 5.74) is 1.33. The molecule has 0 atom stereocenters. The van der Waals surface area contributed by atoms with Gasteiger partial charge in [-0.3, -0.25) is 0 Å². The molecule has 74 valence electrons. The van der Waals surface area contributed by atoms with E-state index in [9.17, 15) is 0 Å². The minimum atomic E-state index is 0.334. The van der Waals surface area contributed by atoms with E-state index < -0.39 is 0 Å². The van der Waals surface area contributed by atoms with E-state index in [2.05, 4.69) is 34.0 Å². The number of aryl methyl sites for hydroxylation is 1. The van der Waals surface area contributed by atoms with Gasteiger partial charge in [0.25, 0.3) is 0 Å². The fourth-order valence-electron chi connectivity index (χ4n) is 1.15.